The zero-order chi connectivity index (χ0) is 15.3. The van der Waals surface area contributed by atoms with E-state index in [1.807, 2.05) is 18.2 Å². The Balaban J connectivity index is 0.00000156. The van der Waals surface area contributed by atoms with Crippen molar-refractivity contribution in [2.45, 2.75) is 18.4 Å². The predicted octanol–water partition coefficient (Wildman–Crippen LogP) is 4.33. The molecular weight excluding hydrogens is 318 g/mol. The van der Waals surface area contributed by atoms with Crippen LogP contribution in [0, 0.1) is 11.6 Å². The van der Waals surface area contributed by atoms with Gasteiger partial charge in [0, 0.05) is 29.9 Å². The molecule has 2 aromatic rings. The lowest BCUT2D eigenvalue weighted by Gasteiger charge is -2.37. The SMILES string of the molecule is CN1CCC2C(C1)c1cc(F)ccc1N2c1ccc(F)cc1.Cl. The third kappa shape index (κ3) is 2.70. The molecule has 5 heteroatoms. The molecule has 0 N–H and O–H groups in total. The second kappa shape index (κ2) is 6.10. The number of rotatable bonds is 1. The molecule has 2 unspecified atom stereocenters. The normalized spacial score (nSPS) is 23.2. The molecule has 122 valence electrons. The second-order valence-electron chi connectivity index (χ2n) is 6.27. The van der Waals surface area contributed by atoms with Crippen molar-refractivity contribution in [1.82, 2.24) is 4.90 Å². The van der Waals surface area contributed by atoms with Gasteiger partial charge in [0.2, 0.25) is 0 Å². The molecule has 2 nitrogen and oxygen atoms in total. The van der Waals surface area contributed by atoms with Gasteiger partial charge in [0.1, 0.15) is 11.6 Å². The van der Waals surface area contributed by atoms with E-state index in [1.165, 1.54) is 18.2 Å². The van der Waals surface area contributed by atoms with Gasteiger partial charge in [0.15, 0.2) is 0 Å². The summed E-state index contributed by atoms with van der Waals surface area (Å²) >= 11 is 0. The molecule has 2 aliphatic rings. The van der Waals surface area contributed by atoms with E-state index in [0.717, 1.165) is 36.4 Å². The van der Waals surface area contributed by atoms with Crippen LogP contribution in [0.2, 0.25) is 0 Å². The first-order chi connectivity index (χ1) is 10.6. The number of likely N-dealkylation sites (N-methyl/N-ethyl adjacent to an activating group) is 1. The maximum Gasteiger partial charge on any atom is 0.123 e. The predicted molar refractivity (Wildman–Crippen MR) is 90.8 cm³/mol. The van der Waals surface area contributed by atoms with Crippen LogP contribution in [0.15, 0.2) is 42.5 Å². The van der Waals surface area contributed by atoms with E-state index in [1.54, 1.807) is 6.07 Å². The Hall–Kier alpha value is -1.65. The fourth-order valence-corrected chi connectivity index (χ4v) is 3.87. The Morgan fingerprint density at radius 2 is 1.70 bits per heavy atom. The number of hydrogen-bond acceptors (Lipinski definition) is 2. The zero-order valence-electron chi connectivity index (χ0n) is 12.9. The molecule has 0 amide bonds. The highest BCUT2D eigenvalue weighted by atomic mass is 35.5. The van der Waals surface area contributed by atoms with E-state index in [9.17, 15) is 8.78 Å². The minimum atomic E-state index is -0.234. The summed E-state index contributed by atoms with van der Waals surface area (Å²) in [5, 5.41) is 0. The maximum atomic E-state index is 13.7. The van der Waals surface area contributed by atoms with Gasteiger partial charge in [-0.2, -0.15) is 0 Å². The molecule has 0 aliphatic carbocycles. The average Bonchev–Trinajstić information content (AvgIpc) is 2.81. The number of nitrogens with zero attached hydrogens (tertiary/aromatic N) is 2. The quantitative estimate of drug-likeness (QED) is 0.765. The smallest absolute Gasteiger partial charge is 0.123 e. The Labute approximate surface area is 141 Å². The Kier molecular flexibility index (Phi) is 4.30. The van der Waals surface area contributed by atoms with Crippen LogP contribution < -0.4 is 4.90 Å². The molecule has 1 saturated heterocycles. The van der Waals surface area contributed by atoms with E-state index in [-0.39, 0.29) is 24.0 Å². The largest absolute Gasteiger partial charge is 0.337 e. The maximum absolute atomic E-state index is 13.7. The van der Waals surface area contributed by atoms with Crippen molar-refractivity contribution >= 4 is 23.8 Å². The average molecular weight is 337 g/mol. The molecule has 0 radical (unpaired) electrons. The Morgan fingerprint density at radius 1 is 1.00 bits per heavy atom. The van der Waals surface area contributed by atoms with E-state index in [4.69, 9.17) is 0 Å². The van der Waals surface area contributed by atoms with Gasteiger partial charge < -0.3 is 9.80 Å². The molecule has 0 bridgehead atoms. The van der Waals surface area contributed by atoms with Crippen LogP contribution in [0.1, 0.15) is 17.9 Å². The highest BCUT2D eigenvalue weighted by Gasteiger charge is 2.41. The summed E-state index contributed by atoms with van der Waals surface area (Å²) in [4.78, 5) is 4.55. The molecule has 0 saturated carbocycles. The van der Waals surface area contributed by atoms with Crippen LogP contribution in [0.4, 0.5) is 20.2 Å². The van der Waals surface area contributed by atoms with Crippen LogP contribution >= 0.6 is 12.4 Å². The van der Waals surface area contributed by atoms with Crippen molar-refractivity contribution in [3.05, 3.63) is 59.7 Å². The fourth-order valence-electron chi connectivity index (χ4n) is 3.87. The van der Waals surface area contributed by atoms with Gasteiger partial charge in [-0.1, -0.05) is 0 Å². The molecule has 2 aromatic carbocycles. The number of fused-ring (bicyclic) bond motifs is 3. The lowest BCUT2D eigenvalue weighted by Crippen LogP contribution is -2.43. The van der Waals surface area contributed by atoms with E-state index < -0.39 is 0 Å². The lowest BCUT2D eigenvalue weighted by molar-refractivity contribution is 0.236. The molecular formula is C18H19ClF2N2. The first-order valence-corrected chi connectivity index (χ1v) is 7.66. The first-order valence-electron chi connectivity index (χ1n) is 7.66. The van der Waals surface area contributed by atoms with Gasteiger partial charge >= 0.3 is 0 Å². The topological polar surface area (TPSA) is 6.48 Å². The summed E-state index contributed by atoms with van der Waals surface area (Å²) in [5.74, 6) is -0.122. The van der Waals surface area contributed by atoms with Gasteiger partial charge in [0.05, 0.1) is 0 Å². The third-order valence-corrected chi connectivity index (χ3v) is 4.86. The van der Waals surface area contributed by atoms with E-state index >= 15 is 0 Å². The van der Waals surface area contributed by atoms with Gasteiger partial charge in [-0.05, 0) is 68.0 Å². The highest BCUT2D eigenvalue weighted by molar-refractivity contribution is 5.85. The van der Waals surface area contributed by atoms with Crippen molar-refractivity contribution in [3.63, 3.8) is 0 Å². The minimum Gasteiger partial charge on any atom is -0.337 e. The summed E-state index contributed by atoms with van der Waals surface area (Å²) in [6.45, 7) is 1.95. The van der Waals surface area contributed by atoms with Crippen LogP contribution in [0.25, 0.3) is 0 Å². The third-order valence-electron chi connectivity index (χ3n) is 4.86. The van der Waals surface area contributed by atoms with Crippen molar-refractivity contribution in [2.75, 3.05) is 25.0 Å². The van der Waals surface area contributed by atoms with Crippen LogP contribution in [-0.4, -0.2) is 31.1 Å². The van der Waals surface area contributed by atoms with Crippen LogP contribution in [0.5, 0.6) is 0 Å². The fraction of sp³-hybridized carbons (Fsp3) is 0.333. The van der Waals surface area contributed by atoms with Gasteiger partial charge in [-0.25, -0.2) is 8.78 Å². The van der Waals surface area contributed by atoms with Gasteiger partial charge in [0.25, 0.3) is 0 Å². The van der Waals surface area contributed by atoms with Crippen molar-refractivity contribution < 1.29 is 8.78 Å². The molecule has 2 atom stereocenters. The van der Waals surface area contributed by atoms with E-state index in [0.29, 0.717) is 12.0 Å². The van der Waals surface area contributed by atoms with E-state index in [2.05, 4.69) is 16.8 Å². The number of benzene rings is 2. The summed E-state index contributed by atoms with van der Waals surface area (Å²) in [6, 6.07) is 11.9. The summed E-state index contributed by atoms with van der Waals surface area (Å²) in [6.07, 6.45) is 1.02. The lowest BCUT2D eigenvalue weighted by atomic mass is 9.89. The van der Waals surface area contributed by atoms with Crippen molar-refractivity contribution in [3.8, 4) is 0 Å². The zero-order valence-corrected chi connectivity index (χ0v) is 13.7. The summed E-state index contributed by atoms with van der Waals surface area (Å²) in [7, 11) is 2.11. The van der Waals surface area contributed by atoms with Gasteiger partial charge in [-0.15, -0.1) is 12.4 Å². The van der Waals surface area contributed by atoms with Crippen molar-refractivity contribution in [1.29, 1.82) is 0 Å². The number of halogens is 3. The highest BCUT2D eigenvalue weighted by Crippen LogP contribution is 2.48. The molecule has 2 heterocycles. The number of likely N-dealkylation sites (tertiary alicyclic amines) is 1. The Bertz CT molecular complexity index is 705. The van der Waals surface area contributed by atoms with Crippen LogP contribution in [0.3, 0.4) is 0 Å². The Morgan fingerprint density at radius 3 is 2.43 bits per heavy atom. The summed E-state index contributed by atoms with van der Waals surface area (Å²) in [5.41, 5.74) is 3.10. The molecule has 0 aromatic heterocycles. The van der Waals surface area contributed by atoms with Crippen LogP contribution in [-0.2, 0) is 0 Å². The first kappa shape index (κ1) is 16.2. The number of piperidine rings is 1. The summed E-state index contributed by atoms with van der Waals surface area (Å²) < 4.78 is 27.0. The standard InChI is InChI=1S/C18H18F2N2.ClH/c1-21-9-8-18-16(11-21)15-10-13(20)4-7-17(15)22(18)14-5-2-12(19)3-6-14;/h2-7,10,16,18H,8-9,11H2,1H3;1H. The van der Waals surface area contributed by atoms with Crippen molar-refractivity contribution in [2.24, 2.45) is 0 Å². The monoisotopic (exact) mass is 336 g/mol. The minimum absolute atomic E-state index is 0. The molecule has 2 aliphatic heterocycles. The second-order valence-corrected chi connectivity index (χ2v) is 6.27. The molecule has 0 spiro atoms. The molecule has 23 heavy (non-hydrogen) atoms. The number of hydrogen-bond donors (Lipinski definition) is 0. The number of anilines is 2. The van der Waals surface area contributed by atoms with Gasteiger partial charge in [-0.3, -0.25) is 0 Å². The molecule has 1 fully saturated rings. The molecule has 4 rings (SSSR count).